The van der Waals surface area contributed by atoms with E-state index >= 15 is 0 Å². The van der Waals surface area contributed by atoms with Crippen LogP contribution in [0.3, 0.4) is 0 Å². The van der Waals surface area contributed by atoms with Crippen molar-refractivity contribution in [3.05, 3.63) is 0 Å². The summed E-state index contributed by atoms with van der Waals surface area (Å²) in [7, 11) is -5.62. The van der Waals surface area contributed by atoms with E-state index in [2.05, 4.69) is 9.05 Å². The second-order valence-corrected chi connectivity index (χ2v) is 3.10. The third kappa shape index (κ3) is 6.69. The number of aliphatic hydroxyl groups excluding tert-OH is 1. The molecular weight excluding hydrogens is 210 g/mol. The first-order valence-electron chi connectivity index (χ1n) is 2.79. The molecule has 0 heterocycles. The van der Waals surface area contributed by atoms with E-state index < -0.39 is 35.8 Å². The molecular formula is C3H8O7P2+2. The Labute approximate surface area is 69.8 Å². The lowest BCUT2D eigenvalue weighted by atomic mass is 10.4. The van der Waals surface area contributed by atoms with E-state index in [1.165, 1.54) is 0 Å². The van der Waals surface area contributed by atoms with Gasteiger partial charge in [-0.2, -0.15) is 0 Å². The quantitative estimate of drug-likeness (QED) is 0.523. The van der Waals surface area contributed by atoms with Crippen LogP contribution >= 0.6 is 16.5 Å². The fraction of sp³-hybridized carbons (Fsp3) is 1.00. The largest absolute Gasteiger partial charge is 0.695 e. The van der Waals surface area contributed by atoms with Crippen LogP contribution in [0.1, 0.15) is 0 Å². The first-order chi connectivity index (χ1) is 5.56. The molecule has 0 fully saturated rings. The standard InChI is InChI=1S/C3H6O7P2/c4-1-3(10-12(7)8)2-9-11(5)6/h3-4H,1-2H2/p+2. The highest BCUT2D eigenvalue weighted by Crippen LogP contribution is 2.21. The van der Waals surface area contributed by atoms with E-state index in [-0.39, 0.29) is 0 Å². The molecule has 3 N–H and O–H groups in total. The topological polar surface area (TPSA) is 113 Å². The molecule has 0 rings (SSSR count). The van der Waals surface area contributed by atoms with Crippen LogP contribution in [0.5, 0.6) is 0 Å². The fourth-order valence-corrected chi connectivity index (χ4v) is 1.07. The maximum absolute atomic E-state index is 10.0. The van der Waals surface area contributed by atoms with Crippen molar-refractivity contribution in [3.63, 3.8) is 0 Å². The van der Waals surface area contributed by atoms with Crippen molar-refractivity contribution >= 4 is 16.5 Å². The summed E-state index contributed by atoms with van der Waals surface area (Å²) < 4.78 is 28.3. The van der Waals surface area contributed by atoms with Crippen molar-refractivity contribution in [2.24, 2.45) is 0 Å². The van der Waals surface area contributed by atoms with Gasteiger partial charge in [-0.1, -0.05) is 0 Å². The van der Waals surface area contributed by atoms with Gasteiger partial charge in [0.05, 0.1) is 6.61 Å². The summed E-state index contributed by atoms with van der Waals surface area (Å²) in [5.74, 6) is 0. The molecule has 0 saturated heterocycles. The molecule has 0 saturated carbocycles. The van der Waals surface area contributed by atoms with Gasteiger partial charge < -0.3 is 5.11 Å². The lowest BCUT2D eigenvalue weighted by Crippen LogP contribution is -2.19. The molecule has 12 heavy (non-hydrogen) atoms. The van der Waals surface area contributed by atoms with E-state index in [4.69, 9.17) is 14.9 Å². The van der Waals surface area contributed by atoms with Gasteiger partial charge in [-0.25, -0.2) is 0 Å². The summed E-state index contributed by atoms with van der Waals surface area (Å²) in [5, 5.41) is 8.47. The second-order valence-electron chi connectivity index (χ2n) is 1.68. The Morgan fingerprint density at radius 2 is 1.83 bits per heavy atom. The molecule has 0 bridgehead atoms. The zero-order valence-electron chi connectivity index (χ0n) is 5.86. The van der Waals surface area contributed by atoms with E-state index in [0.717, 1.165) is 0 Å². The van der Waals surface area contributed by atoms with Gasteiger partial charge in [-0.3, -0.25) is 0 Å². The van der Waals surface area contributed by atoms with Gasteiger partial charge in [0.15, 0.2) is 6.10 Å². The van der Waals surface area contributed by atoms with Crippen molar-refractivity contribution in [2.45, 2.75) is 6.10 Å². The summed E-state index contributed by atoms with van der Waals surface area (Å²) in [6.45, 7) is -0.978. The second kappa shape index (κ2) is 6.51. The average molecular weight is 218 g/mol. The highest BCUT2D eigenvalue weighted by atomic mass is 31.1. The number of hydrogen-bond donors (Lipinski definition) is 3. The zero-order chi connectivity index (χ0) is 9.56. The smallest absolute Gasteiger partial charge is 0.393 e. The summed E-state index contributed by atoms with van der Waals surface area (Å²) in [6.07, 6.45) is -1.07. The lowest BCUT2D eigenvalue weighted by molar-refractivity contribution is 0.0676. The SMILES string of the molecule is O=[P+](O)OCC(CO)O[P+](=O)O. The van der Waals surface area contributed by atoms with Crippen LogP contribution in [-0.4, -0.2) is 34.2 Å². The molecule has 3 atom stereocenters. The van der Waals surface area contributed by atoms with Crippen LogP contribution in [0.25, 0.3) is 0 Å². The van der Waals surface area contributed by atoms with Gasteiger partial charge in [0.2, 0.25) is 0 Å². The molecule has 70 valence electrons. The number of hydrogen-bond acceptors (Lipinski definition) is 5. The predicted molar refractivity (Wildman–Crippen MR) is 37.6 cm³/mol. The van der Waals surface area contributed by atoms with E-state index in [1.54, 1.807) is 0 Å². The Bertz CT molecular complexity index is 170. The molecule has 0 aromatic heterocycles. The van der Waals surface area contributed by atoms with Gasteiger partial charge in [0.1, 0.15) is 6.61 Å². The molecule has 3 unspecified atom stereocenters. The van der Waals surface area contributed by atoms with Crippen molar-refractivity contribution in [1.29, 1.82) is 0 Å². The minimum Gasteiger partial charge on any atom is -0.393 e. The molecule has 0 spiro atoms. The third-order valence-electron chi connectivity index (χ3n) is 0.814. The number of aliphatic hydroxyl groups is 1. The highest BCUT2D eigenvalue weighted by Gasteiger charge is 2.26. The van der Waals surface area contributed by atoms with E-state index in [9.17, 15) is 9.13 Å². The van der Waals surface area contributed by atoms with Crippen LogP contribution in [0.2, 0.25) is 0 Å². The Hall–Kier alpha value is -0.0000000000000000486. The van der Waals surface area contributed by atoms with Gasteiger partial charge in [0.25, 0.3) is 0 Å². The monoisotopic (exact) mass is 218 g/mol. The van der Waals surface area contributed by atoms with Gasteiger partial charge in [-0.15, -0.1) is 18.8 Å². The first kappa shape index (κ1) is 12.0. The van der Waals surface area contributed by atoms with Gasteiger partial charge >= 0.3 is 16.5 Å². The van der Waals surface area contributed by atoms with Crippen LogP contribution in [-0.2, 0) is 18.2 Å². The molecule has 0 aliphatic carbocycles. The van der Waals surface area contributed by atoms with Gasteiger partial charge in [-0.05, 0) is 0 Å². The van der Waals surface area contributed by atoms with Crippen molar-refractivity contribution < 1.29 is 33.1 Å². The van der Waals surface area contributed by atoms with Gasteiger partial charge in [0, 0.05) is 9.13 Å². The summed E-state index contributed by atoms with van der Waals surface area (Å²) in [4.78, 5) is 16.3. The summed E-state index contributed by atoms with van der Waals surface area (Å²) in [5.41, 5.74) is 0. The van der Waals surface area contributed by atoms with E-state index in [1.807, 2.05) is 0 Å². The Balaban J connectivity index is 3.67. The highest BCUT2D eigenvalue weighted by molar-refractivity contribution is 7.32. The first-order valence-corrected chi connectivity index (χ1v) is 5.05. The molecule has 0 amide bonds. The third-order valence-corrected chi connectivity index (χ3v) is 1.66. The summed E-state index contributed by atoms with van der Waals surface area (Å²) in [6, 6.07) is 0. The van der Waals surface area contributed by atoms with Crippen LogP contribution in [0.15, 0.2) is 0 Å². The Morgan fingerprint density at radius 3 is 2.17 bits per heavy atom. The van der Waals surface area contributed by atoms with Crippen LogP contribution < -0.4 is 0 Å². The molecule has 0 aliphatic heterocycles. The van der Waals surface area contributed by atoms with E-state index in [0.29, 0.717) is 0 Å². The molecule has 9 heteroatoms. The van der Waals surface area contributed by atoms with Crippen molar-refractivity contribution in [1.82, 2.24) is 0 Å². The molecule has 0 aromatic carbocycles. The minimum atomic E-state index is -2.84. The maximum atomic E-state index is 10.0. The summed E-state index contributed by atoms with van der Waals surface area (Å²) >= 11 is 0. The predicted octanol–water partition coefficient (Wildman–Crippen LogP) is -0.320. The van der Waals surface area contributed by atoms with Crippen LogP contribution in [0, 0.1) is 0 Å². The Kier molecular flexibility index (Phi) is 6.51. The zero-order valence-corrected chi connectivity index (χ0v) is 7.65. The lowest BCUT2D eigenvalue weighted by Gasteiger charge is -1.99. The molecule has 7 nitrogen and oxygen atoms in total. The maximum Gasteiger partial charge on any atom is 0.695 e. The van der Waals surface area contributed by atoms with Crippen LogP contribution in [0.4, 0.5) is 0 Å². The van der Waals surface area contributed by atoms with Crippen molar-refractivity contribution in [3.8, 4) is 0 Å². The Morgan fingerprint density at radius 1 is 1.25 bits per heavy atom. The average Bonchev–Trinajstić information content (AvgIpc) is 1.97. The molecule has 0 radical (unpaired) electrons. The normalized spacial score (nSPS) is 15.6. The fourth-order valence-electron chi connectivity index (χ4n) is 0.391. The minimum absolute atomic E-state index is 0.413. The molecule has 0 aliphatic rings. The number of rotatable bonds is 6. The molecule has 0 aromatic rings. The van der Waals surface area contributed by atoms with Crippen molar-refractivity contribution in [2.75, 3.05) is 13.2 Å².